The van der Waals surface area contributed by atoms with Gasteiger partial charge in [-0.25, -0.2) is 0 Å². The number of carbonyl (C=O) groups excluding carboxylic acids is 2. The van der Waals surface area contributed by atoms with Gasteiger partial charge in [-0.2, -0.15) is 0 Å². The van der Waals surface area contributed by atoms with Crippen LogP contribution in [0.5, 0.6) is 0 Å². The average molecular weight is 311 g/mol. The van der Waals surface area contributed by atoms with Crippen molar-refractivity contribution in [2.24, 2.45) is 5.92 Å². The molecule has 1 aromatic rings. The zero-order chi connectivity index (χ0) is 15.2. The Hall–Kier alpha value is -1.59. The van der Waals surface area contributed by atoms with Crippen molar-refractivity contribution in [3.05, 3.63) is 34.9 Å². The second kappa shape index (κ2) is 7.43. The molecule has 114 valence electrons. The van der Waals surface area contributed by atoms with Gasteiger partial charge in [0.05, 0.1) is 17.1 Å². The van der Waals surface area contributed by atoms with Gasteiger partial charge < -0.3 is 15.3 Å². The molecule has 1 unspecified atom stereocenters. The first kappa shape index (κ1) is 15.8. The largest absolute Gasteiger partial charge is 0.396 e. The lowest BCUT2D eigenvalue weighted by molar-refractivity contribution is -0.129. The van der Waals surface area contributed by atoms with Gasteiger partial charge in [0, 0.05) is 19.7 Å². The van der Waals surface area contributed by atoms with E-state index in [1.807, 2.05) is 0 Å². The fourth-order valence-corrected chi connectivity index (χ4v) is 2.71. The minimum absolute atomic E-state index is 0.0318. The average Bonchev–Trinajstić information content (AvgIpc) is 2.94. The predicted octanol–water partition coefficient (Wildman–Crippen LogP) is 1.30. The van der Waals surface area contributed by atoms with Crippen LogP contribution in [-0.4, -0.2) is 48.1 Å². The molecule has 1 aliphatic rings. The van der Waals surface area contributed by atoms with E-state index in [2.05, 4.69) is 5.32 Å². The van der Waals surface area contributed by atoms with Crippen molar-refractivity contribution in [1.29, 1.82) is 0 Å². The molecule has 1 aromatic carbocycles. The third-order valence-corrected chi connectivity index (χ3v) is 4.02. The van der Waals surface area contributed by atoms with Gasteiger partial charge >= 0.3 is 0 Å². The lowest BCUT2D eigenvalue weighted by Crippen LogP contribution is -2.39. The maximum atomic E-state index is 12.0. The molecule has 1 heterocycles. The zero-order valence-electron chi connectivity index (χ0n) is 11.7. The summed E-state index contributed by atoms with van der Waals surface area (Å²) >= 11 is 5.94. The quantitative estimate of drug-likeness (QED) is 0.861. The minimum Gasteiger partial charge on any atom is -0.396 e. The third-order valence-electron chi connectivity index (χ3n) is 3.69. The topological polar surface area (TPSA) is 69.6 Å². The minimum atomic E-state index is -0.347. The van der Waals surface area contributed by atoms with Crippen LogP contribution >= 0.6 is 11.6 Å². The summed E-state index contributed by atoms with van der Waals surface area (Å²) in [6.45, 7) is 1.46. The van der Waals surface area contributed by atoms with Crippen molar-refractivity contribution in [1.82, 2.24) is 10.2 Å². The van der Waals surface area contributed by atoms with Crippen LogP contribution in [0.15, 0.2) is 24.3 Å². The van der Waals surface area contributed by atoms with Crippen LogP contribution in [0.2, 0.25) is 5.02 Å². The second-order valence-corrected chi connectivity index (χ2v) is 5.58. The SMILES string of the molecule is O=C(NCC(=O)N1CCC(CCO)C1)c1ccccc1Cl. The van der Waals surface area contributed by atoms with Gasteiger partial charge in [-0.1, -0.05) is 23.7 Å². The van der Waals surface area contributed by atoms with E-state index < -0.39 is 0 Å². The highest BCUT2D eigenvalue weighted by molar-refractivity contribution is 6.33. The number of nitrogens with one attached hydrogen (secondary N) is 1. The summed E-state index contributed by atoms with van der Waals surface area (Å²) in [5.41, 5.74) is 0.367. The van der Waals surface area contributed by atoms with Gasteiger partial charge in [0.15, 0.2) is 0 Å². The molecule has 0 aliphatic carbocycles. The third kappa shape index (κ3) is 4.19. The van der Waals surface area contributed by atoms with Crippen LogP contribution < -0.4 is 5.32 Å². The summed E-state index contributed by atoms with van der Waals surface area (Å²) in [5, 5.41) is 11.9. The normalized spacial score (nSPS) is 17.8. The van der Waals surface area contributed by atoms with E-state index in [0.717, 1.165) is 12.8 Å². The van der Waals surface area contributed by atoms with Crippen LogP contribution in [-0.2, 0) is 4.79 Å². The molecule has 6 heteroatoms. The highest BCUT2D eigenvalue weighted by atomic mass is 35.5. The molecule has 1 fully saturated rings. The fourth-order valence-electron chi connectivity index (χ4n) is 2.49. The van der Waals surface area contributed by atoms with Crippen molar-refractivity contribution < 1.29 is 14.7 Å². The highest BCUT2D eigenvalue weighted by Crippen LogP contribution is 2.19. The number of carbonyl (C=O) groups is 2. The maximum absolute atomic E-state index is 12.0. The molecule has 0 spiro atoms. The van der Waals surface area contributed by atoms with E-state index in [-0.39, 0.29) is 25.0 Å². The number of hydrogen-bond acceptors (Lipinski definition) is 3. The molecule has 5 nitrogen and oxygen atoms in total. The Morgan fingerprint density at radius 3 is 2.86 bits per heavy atom. The van der Waals surface area contributed by atoms with Crippen LogP contribution in [0.1, 0.15) is 23.2 Å². The van der Waals surface area contributed by atoms with Crippen LogP contribution in [0, 0.1) is 5.92 Å². The smallest absolute Gasteiger partial charge is 0.253 e. The molecule has 2 N–H and O–H groups in total. The summed E-state index contributed by atoms with van der Waals surface area (Å²) in [6.07, 6.45) is 1.63. The van der Waals surface area contributed by atoms with Crippen molar-refractivity contribution in [3.8, 4) is 0 Å². The Balaban J connectivity index is 1.82. The Kier molecular flexibility index (Phi) is 5.59. The van der Waals surface area contributed by atoms with Crippen molar-refractivity contribution in [2.45, 2.75) is 12.8 Å². The standard InChI is InChI=1S/C15H19ClN2O3/c16-13-4-2-1-3-12(13)15(21)17-9-14(20)18-7-5-11(10-18)6-8-19/h1-4,11,19H,5-10H2,(H,17,21). The van der Waals surface area contributed by atoms with E-state index >= 15 is 0 Å². The molecule has 1 atom stereocenters. The summed E-state index contributed by atoms with van der Waals surface area (Å²) in [7, 11) is 0. The van der Waals surface area contributed by atoms with Gasteiger partial charge in [-0.15, -0.1) is 0 Å². The molecule has 0 aromatic heterocycles. The van der Waals surface area contributed by atoms with E-state index in [1.165, 1.54) is 0 Å². The number of rotatable bonds is 5. The van der Waals surface area contributed by atoms with Crippen LogP contribution in [0.25, 0.3) is 0 Å². The molecule has 2 amide bonds. The van der Waals surface area contributed by atoms with Crippen LogP contribution in [0.4, 0.5) is 0 Å². The molecular weight excluding hydrogens is 292 g/mol. The van der Waals surface area contributed by atoms with Crippen molar-refractivity contribution >= 4 is 23.4 Å². The van der Waals surface area contributed by atoms with Crippen molar-refractivity contribution in [2.75, 3.05) is 26.2 Å². The summed E-state index contributed by atoms with van der Waals surface area (Å²) in [4.78, 5) is 25.7. The molecule has 1 aliphatic heterocycles. The van der Waals surface area contributed by atoms with E-state index in [9.17, 15) is 9.59 Å². The van der Waals surface area contributed by atoms with Gasteiger partial charge in [0.1, 0.15) is 0 Å². The Bertz CT molecular complexity index is 521. The second-order valence-electron chi connectivity index (χ2n) is 5.17. The Morgan fingerprint density at radius 1 is 1.38 bits per heavy atom. The van der Waals surface area contributed by atoms with Gasteiger partial charge in [0.2, 0.25) is 5.91 Å². The highest BCUT2D eigenvalue weighted by Gasteiger charge is 2.25. The van der Waals surface area contributed by atoms with Crippen molar-refractivity contribution in [3.63, 3.8) is 0 Å². The van der Waals surface area contributed by atoms with Crippen LogP contribution in [0.3, 0.4) is 0 Å². The molecule has 2 rings (SSSR count). The van der Waals surface area contributed by atoms with Gasteiger partial charge in [-0.05, 0) is 30.9 Å². The molecule has 1 saturated heterocycles. The number of hydrogen-bond donors (Lipinski definition) is 2. The Labute approximate surface area is 128 Å². The first-order chi connectivity index (χ1) is 10.1. The maximum Gasteiger partial charge on any atom is 0.253 e. The lowest BCUT2D eigenvalue weighted by Gasteiger charge is -2.17. The zero-order valence-corrected chi connectivity index (χ0v) is 12.5. The summed E-state index contributed by atoms with van der Waals surface area (Å²) < 4.78 is 0. The monoisotopic (exact) mass is 310 g/mol. The summed E-state index contributed by atoms with van der Waals surface area (Å²) in [5.74, 6) is -0.0888. The number of likely N-dealkylation sites (tertiary alicyclic amines) is 1. The number of amides is 2. The molecule has 21 heavy (non-hydrogen) atoms. The molecule has 0 radical (unpaired) electrons. The van der Waals surface area contributed by atoms with E-state index in [1.54, 1.807) is 29.2 Å². The lowest BCUT2D eigenvalue weighted by atomic mass is 10.1. The molecule has 0 saturated carbocycles. The summed E-state index contributed by atoms with van der Waals surface area (Å²) in [6, 6.07) is 6.73. The molecular formula is C15H19ClN2O3. The molecule has 0 bridgehead atoms. The first-order valence-corrected chi connectivity index (χ1v) is 7.41. The first-order valence-electron chi connectivity index (χ1n) is 7.03. The number of halogens is 1. The van der Waals surface area contributed by atoms with E-state index in [4.69, 9.17) is 16.7 Å². The number of aliphatic hydroxyl groups is 1. The van der Waals surface area contributed by atoms with Gasteiger partial charge in [0.25, 0.3) is 5.91 Å². The predicted molar refractivity (Wildman–Crippen MR) is 80.2 cm³/mol. The van der Waals surface area contributed by atoms with Gasteiger partial charge in [-0.3, -0.25) is 9.59 Å². The fraction of sp³-hybridized carbons (Fsp3) is 0.467. The Morgan fingerprint density at radius 2 is 2.14 bits per heavy atom. The number of nitrogens with zero attached hydrogens (tertiary/aromatic N) is 1. The number of aliphatic hydroxyl groups excluding tert-OH is 1. The van der Waals surface area contributed by atoms with E-state index in [0.29, 0.717) is 29.6 Å². The number of benzene rings is 1.